The fourth-order valence-electron chi connectivity index (χ4n) is 4.83. The standard InChI is InChI=1S/C27H30N6O2S/c1-17-6-7-22(26(34)28-11-8-21-5-4-14-36-21)25(30-17)20-9-12-32(13-10-20)27(35)23-16-29-24-15-18(2)31-33(24)19(23)3/h4-7,14-16,20H,8-13H2,1-3H3,(H,28,34). The van der Waals surface area contributed by atoms with Gasteiger partial charge in [-0.15, -0.1) is 11.3 Å². The second kappa shape index (κ2) is 10.2. The summed E-state index contributed by atoms with van der Waals surface area (Å²) in [4.78, 5) is 38.7. The number of pyridine rings is 1. The molecule has 0 spiro atoms. The van der Waals surface area contributed by atoms with Crippen LogP contribution in [-0.2, 0) is 6.42 Å². The molecule has 4 aromatic heterocycles. The molecule has 0 bridgehead atoms. The van der Waals surface area contributed by atoms with Crippen LogP contribution in [0.25, 0.3) is 5.65 Å². The van der Waals surface area contributed by atoms with E-state index < -0.39 is 0 Å². The van der Waals surface area contributed by atoms with E-state index in [1.54, 1.807) is 22.0 Å². The Hall–Kier alpha value is -3.59. The molecule has 36 heavy (non-hydrogen) atoms. The molecule has 0 atom stereocenters. The van der Waals surface area contributed by atoms with Gasteiger partial charge in [-0.25, -0.2) is 9.50 Å². The van der Waals surface area contributed by atoms with Gasteiger partial charge in [0.25, 0.3) is 11.8 Å². The molecule has 8 nitrogen and oxygen atoms in total. The van der Waals surface area contributed by atoms with E-state index in [0.29, 0.717) is 30.8 Å². The van der Waals surface area contributed by atoms with Gasteiger partial charge in [0.2, 0.25) is 0 Å². The number of rotatable bonds is 6. The van der Waals surface area contributed by atoms with E-state index in [2.05, 4.69) is 21.5 Å². The number of aromatic nitrogens is 4. The lowest BCUT2D eigenvalue weighted by atomic mass is 9.89. The molecule has 1 saturated heterocycles. The lowest BCUT2D eigenvalue weighted by Gasteiger charge is -2.32. The Bertz CT molecular complexity index is 1400. The number of hydrogen-bond acceptors (Lipinski definition) is 6. The molecule has 186 valence electrons. The number of aryl methyl sites for hydroxylation is 3. The summed E-state index contributed by atoms with van der Waals surface area (Å²) in [5, 5.41) is 9.56. The maximum Gasteiger partial charge on any atom is 0.257 e. The average Bonchev–Trinajstić information content (AvgIpc) is 3.53. The lowest BCUT2D eigenvalue weighted by Crippen LogP contribution is -2.39. The molecule has 5 heterocycles. The molecule has 0 aromatic carbocycles. The Morgan fingerprint density at radius 3 is 2.64 bits per heavy atom. The van der Waals surface area contributed by atoms with Crippen molar-refractivity contribution in [3.63, 3.8) is 0 Å². The summed E-state index contributed by atoms with van der Waals surface area (Å²) in [5.41, 5.74) is 5.34. The minimum absolute atomic E-state index is 0.0303. The highest BCUT2D eigenvalue weighted by atomic mass is 32.1. The van der Waals surface area contributed by atoms with Crippen molar-refractivity contribution in [1.29, 1.82) is 0 Å². The molecular weight excluding hydrogens is 472 g/mol. The summed E-state index contributed by atoms with van der Waals surface area (Å²) in [6.45, 7) is 7.57. The predicted octanol–water partition coefficient (Wildman–Crippen LogP) is 4.10. The van der Waals surface area contributed by atoms with Crippen molar-refractivity contribution in [3.8, 4) is 0 Å². The third-order valence-corrected chi connectivity index (χ3v) is 7.73. The topological polar surface area (TPSA) is 92.5 Å². The van der Waals surface area contributed by atoms with Crippen molar-refractivity contribution < 1.29 is 9.59 Å². The summed E-state index contributed by atoms with van der Waals surface area (Å²) in [7, 11) is 0. The molecule has 1 N–H and O–H groups in total. The summed E-state index contributed by atoms with van der Waals surface area (Å²) < 4.78 is 1.73. The van der Waals surface area contributed by atoms with Crippen LogP contribution in [-0.4, -0.2) is 55.9 Å². The van der Waals surface area contributed by atoms with Gasteiger partial charge in [0.05, 0.1) is 28.2 Å². The van der Waals surface area contributed by atoms with Crippen LogP contribution in [0.1, 0.15) is 67.1 Å². The van der Waals surface area contributed by atoms with Crippen molar-refractivity contribution in [2.45, 2.75) is 46.0 Å². The second-order valence-corrected chi connectivity index (χ2v) is 10.4. The number of likely N-dealkylation sites (tertiary alicyclic amines) is 1. The number of piperidine rings is 1. The van der Waals surface area contributed by atoms with E-state index in [4.69, 9.17) is 4.98 Å². The first-order chi connectivity index (χ1) is 17.4. The van der Waals surface area contributed by atoms with Gasteiger partial charge in [0, 0.05) is 48.4 Å². The zero-order valence-corrected chi connectivity index (χ0v) is 21.6. The maximum absolute atomic E-state index is 13.3. The minimum Gasteiger partial charge on any atom is -0.352 e. The number of nitrogens with zero attached hydrogens (tertiary/aromatic N) is 5. The largest absolute Gasteiger partial charge is 0.352 e. The Morgan fingerprint density at radius 1 is 1.08 bits per heavy atom. The summed E-state index contributed by atoms with van der Waals surface area (Å²) in [6.07, 6.45) is 3.98. The van der Waals surface area contributed by atoms with Crippen LogP contribution in [0, 0.1) is 20.8 Å². The average molecular weight is 503 g/mol. The van der Waals surface area contributed by atoms with Crippen LogP contribution in [0.5, 0.6) is 0 Å². The van der Waals surface area contributed by atoms with Gasteiger partial charge in [-0.05, 0) is 63.6 Å². The van der Waals surface area contributed by atoms with Crippen LogP contribution in [0.4, 0.5) is 0 Å². The van der Waals surface area contributed by atoms with Crippen LogP contribution in [0.15, 0.2) is 41.9 Å². The van der Waals surface area contributed by atoms with E-state index >= 15 is 0 Å². The van der Waals surface area contributed by atoms with Gasteiger partial charge >= 0.3 is 0 Å². The van der Waals surface area contributed by atoms with Gasteiger partial charge in [0.1, 0.15) is 0 Å². The van der Waals surface area contributed by atoms with Crippen LogP contribution >= 0.6 is 11.3 Å². The Kier molecular flexibility index (Phi) is 6.82. The normalized spacial score (nSPS) is 14.4. The smallest absolute Gasteiger partial charge is 0.257 e. The highest BCUT2D eigenvalue weighted by Crippen LogP contribution is 2.30. The molecule has 0 saturated carbocycles. The quantitative estimate of drug-likeness (QED) is 0.429. The summed E-state index contributed by atoms with van der Waals surface area (Å²) in [5.74, 6) is 0.0109. The highest BCUT2D eigenvalue weighted by Gasteiger charge is 2.29. The summed E-state index contributed by atoms with van der Waals surface area (Å²) in [6, 6.07) is 9.77. The SMILES string of the molecule is Cc1ccc(C(=O)NCCc2cccs2)c(C2CCN(C(=O)c3cnc4cc(C)nn4c3C)CC2)n1. The molecule has 1 fully saturated rings. The van der Waals surface area contributed by atoms with Crippen LogP contribution < -0.4 is 5.32 Å². The first kappa shape index (κ1) is 24.1. The molecule has 9 heteroatoms. The van der Waals surface area contributed by atoms with Gasteiger partial charge in [-0.1, -0.05) is 6.07 Å². The molecule has 4 aromatic rings. The van der Waals surface area contributed by atoms with E-state index in [1.807, 2.05) is 55.3 Å². The second-order valence-electron chi connectivity index (χ2n) is 9.35. The highest BCUT2D eigenvalue weighted by molar-refractivity contribution is 7.09. The van der Waals surface area contributed by atoms with E-state index in [1.165, 1.54) is 4.88 Å². The molecule has 5 rings (SSSR count). The molecule has 2 amide bonds. The third-order valence-electron chi connectivity index (χ3n) is 6.79. The van der Waals surface area contributed by atoms with Gasteiger partial charge in [-0.2, -0.15) is 5.10 Å². The molecule has 1 aliphatic rings. The van der Waals surface area contributed by atoms with Crippen molar-refractivity contribution in [1.82, 2.24) is 29.8 Å². The number of carbonyl (C=O) groups excluding carboxylic acids is 2. The maximum atomic E-state index is 13.3. The van der Waals surface area contributed by atoms with E-state index in [0.717, 1.165) is 47.7 Å². The van der Waals surface area contributed by atoms with E-state index in [-0.39, 0.29) is 17.7 Å². The number of nitrogens with one attached hydrogen (secondary N) is 1. The number of fused-ring (bicyclic) bond motifs is 1. The van der Waals surface area contributed by atoms with Crippen molar-refractivity contribution >= 4 is 28.8 Å². The van der Waals surface area contributed by atoms with Crippen molar-refractivity contribution in [2.75, 3.05) is 19.6 Å². The summed E-state index contributed by atoms with van der Waals surface area (Å²) >= 11 is 1.70. The zero-order chi connectivity index (χ0) is 25.2. The first-order valence-electron chi connectivity index (χ1n) is 12.3. The van der Waals surface area contributed by atoms with E-state index in [9.17, 15) is 9.59 Å². The lowest BCUT2D eigenvalue weighted by molar-refractivity contribution is 0.0708. The monoisotopic (exact) mass is 502 g/mol. The van der Waals surface area contributed by atoms with Gasteiger partial charge in [0.15, 0.2) is 5.65 Å². The molecule has 1 aliphatic heterocycles. The Balaban J connectivity index is 1.26. The van der Waals surface area contributed by atoms with Crippen molar-refractivity contribution in [2.24, 2.45) is 0 Å². The predicted molar refractivity (Wildman–Crippen MR) is 140 cm³/mol. The van der Waals surface area contributed by atoms with Crippen LogP contribution in [0.2, 0.25) is 0 Å². The first-order valence-corrected chi connectivity index (χ1v) is 13.2. The van der Waals surface area contributed by atoms with Crippen LogP contribution in [0.3, 0.4) is 0 Å². The minimum atomic E-state index is -0.0860. The molecular formula is C27H30N6O2S. The number of carbonyl (C=O) groups is 2. The fraction of sp³-hybridized carbons (Fsp3) is 0.370. The molecule has 0 unspecified atom stereocenters. The zero-order valence-electron chi connectivity index (χ0n) is 20.8. The van der Waals surface area contributed by atoms with Crippen molar-refractivity contribution in [3.05, 3.63) is 80.7 Å². The third kappa shape index (κ3) is 4.88. The number of amides is 2. The fourth-order valence-corrected chi connectivity index (χ4v) is 5.54. The Morgan fingerprint density at radius 2 is 1.89 bits per heavy atom. The molecule has 0 radical (unpaired) electrons. The van der Waals surface area contributed by atoms with Gasteiger partial charge < -0.3 is 10.2 Å². The number of thiophene rings is 1. The molecule has 0 aliphatic carbocycles. The number of hydrogen-bond donors (Lipinski definition) is 1. The van der Waals surface area contributed by atoms with Gasteiger partial charge in [-0.3, -0.25) is 14.6 Å². The Labute approximate surface area is 214 Å².